The van der Waals surface area contributed by atoms with E-state index in [1.165, 1.54) is 16.3 Å². The first-order chi connectivity index (χ1) is 10.5. The third-order valence-corrected chi connectivity index (χ3v) is 3.52. The summed E-state index contributed by atoms with van der Waals surface area (Å²) in [4.78, 5) is 28.6. The molecule has 2 heterocycles. The van der Waals surface area contributed by atoms with Crippen molar-refractivity contribution >= 4 is 17.4 Å². The molecule has 0 saturated heterocycles. The first-order valence-corrected chi connectivity index (χ1v) is 6.75. The lowest BCUT2D eigenvalue weighted by Gasteiger charge is -2.03. The second-order valence-corrected chi connectivity index (χ2v) is 5.00. The van der Waals surface area contributed by atoms with Crippen molar-refractivity contribution in [1.29, 1.82) is 0 Å². The van der Waals surface area contributed by atoms with Gasteiger partial charge in [-0.25, -0.2) is 14.5 Å². The number of imidazole rings is 1. The molecule has 7 heteroatoms. The van der Waals surface area contributed by atoms with Gasteiger partial charge in [0.15, 0.2) is 11.2 Å². The van der Waals surface area contributed by atoms with E-state index in [4.69, 9.17) is 0 Å². The van der Waals surface area contributed by atoms with Crippen LogP contribution in [0.2, 0.25) is 0 Å². The lowest BCUT2D eigenvalue weighted by Crippen LogP contribution is -2.37. The van der Waals surface area contributed by atoms with Crippen LogP contribution in [0.4, 0.5) is 0 Å². The molecule has 0 radical (unpaired) electrons. The quantitative estimate of drug-likeness (QED) is 0.651. The van der Waals surface area contributed by atoms with Gasteiger partial charge in [0.2, 0.25) is 0 Å². The molecule has 0 bridgehead atoms. The minimum atomic E-state index is -0.413. The standard InChI is InChI=1S/C15H15N5O2/c1-10-17-13-12(14(21)19(3)15(22)18(13)2)20(10)16-9-11-7-5-4-6-8-11/h4-9H,1-3H3/b16-9+. The molecule has 0 amide bonds. The third-order valence-electron chi connectivity index (χ3n) is 3.52. The van der Waals surface area contributed by atoms with Crippen molar-refractivity contribution in [3.05, 3.63) is 62.6 Å². The van der Waals surface area contributed by atoms with Gasteiger partial charge in [-0.1, -0.05) is 30.3 Å². The van der Waals surface area contributed by atoms with Gasteiger partial charge < -0.3 is 0 Å². The van der Waals surface area contributed by atoms with Gasteiger partial charge in [-0.05, 0) is 12.5 Å². The number of fused-ring (bicyclic) bond motifs is 1. The average molecular weight is 297 g/mol. The lowest BCUT2D eigenvalue weighted by molar-refractivity contribution is 0.705. The Morgan fingerprint density at radius 1 is 1.09 bits per heavy atom. The molecule has 22 heavy (non-hydrogen) atoms. The van der Waals surface area contributed by atoms with Gasteiger partial charge in [0.25, 0.3) is 5.56 Å². The van der Waals surface area contributed by atoms with Crippen LogP contribution in [0.1, 0.15) is 11.4 Å². The van der Waals surface area contributed by atoms with Crippen molar-refractivity contribution in [3.63, 3.8) is 0 Å². The van der Waals surface area contributed by atoms with E-state index in [-0.39, 0.29) is 5.52 Å². The summed E-state index contributed by atoms with van der Waals surface area (Å²) in [5.41, 5.74) is 0.702. The van der Waals surface area contributed by atoms with Crippen molar-refractivity contribution in [2.75, 3.05) is 0 Å². The summed E-state index contributed by atoms with van der Waals surface area (Å²) >= 11 is 0. The van der Waals surface area contributed by atoms with Gasteiger partial charge in [-0.15, -0.1) is 0 Å². The fourth-order valence-corrected chi connectivity index (χ4v) is 2.30. The highest BCUT2D eigenvalue weighted by Gasteiger charge is 2.16. The normalized spacial score (nSPS) is 11.6. The van der Waals surface area contributed by atoms with Crippen molar-refractivity contribution < 1.29 is 0 Å². The van der Waals surface area contributed by atoms with E-state index in [0.717, 1.165) is 10.1 Å². The zero-order valence-electron chi connectivity index (χ0n) is 12.5. The van der Waals surface area contributed by atoms with Crippen LogP contribution in [-0.2, 0) is 14.1 Å². The third kappa shape index (κ3) is 2.07. The summed E-state index contributed by atoms with van der Waals surface area (Å²) in [5.74, 6) is 0.542. The van der Waals surface area contributed by atoms with Crippen LogP contribution in [0.25, 0.3) is 11.2 Å². The van der Waals surface area contributed by atoms with Crippen LogP contribution >= 0.6 is 0 Å². The Bertz CT molecular complexity index is 993. The van der Waals surface area contributed by atoms with Gasteiger partial charge >= 0.3 is 5.69 Å². The number of hydrogen-bond acceptors (Lipinski definition) is 4. The second-order valence-electron chi connectivity index (χ2n) is 5.00. The topological polar surface area (TPSA) is 74.2 Å². The molecule has 0 aliphatic rings. The highest BCUT2D eigenvalue weighted by Crippen LogP contribution is 2.10. The SMILES string of the molecule is Cc1nc2c(c(=O)n(C)c(=O)n2C)n1/N=C/c1ccccc1. The molecule has 1 aromatic carbocycles. The Labute approximate surface area is 125 Å². The first-order valence-electron chi connectivity index (χ1n) is 6.75. The van der Waals surface area contributed by atoms with Crippen LogP contribution in [0.3, 0.4) is 0 Å². The largest absolute Gasteiger partial charge is 0.332 e. The number of benzene rings is 1. The molecule has 7 nitrogen and oxygen atoms in total. The Balaban J connectivity index is 2.27. The summed E-state index contributed by atoms with van der Waals surface area (Å²) in [7, 11) is 3.03. The number of nitrogens with zero attached hydrogens (tertiary/aromatic N) is 5. The minimum Gasteiger partial charge on any atom is -0.279 e. The zero-order chi connectivity index (χ0) is 15.9. The molecule has 3 aromatic rings. The fourth-order valence-electron chi connectivity index (χ4n) is 2.30. The molecule has 0 saturated carbocycles. The molecule has 0 N–H and O–H groups in total. The first kappa shape index (κ1) is 14.0. The van der Waals surface area contributed by atoms with Gasteiger partial charge in [-0.2, -0.15) is 5.10 Å². The number of hydrogen-bond donors (Lipinski definition) is 0. The van der Waals surface area contributed by atoms with Crippen LogP contribution in [0.5, 0.6) is 0 Å². The van der Waals surface area contributed by atoms with Gasteiger partial charge in [0, 0.05) is 14.1 Å². The van der Waals surface area contributed by atoms with E-state index in [1.54, 1.807) is 20.2 Å². The number of rotatable bonds is 2. The van der Waals surface area contributed by atoms with Gasteiger partial charge in [-0.3, -0.25) is 13.9 Å². The van der Waals surface area contributed by atoms with Crippen LogP contribution in [-0.4, -0.2) is 25.0 Å². The Morgan fingerprint density at radius 2 is 1.77 bits per heavy atom. The minimum absolute atomic E-state index is 0.286. The Kier molecular flexibility index (Phi) is 3.25. The summed E-state index contributed by atoms with van der Waals surface area (Å²) in [6.07, 6.45) is 1.65. The van der Waals surface area contributed by atoms with Gasteiger partial charge in [0.1, 0.15) is 5.82 Å². The molecule has 0 aliphatic carbocycles. The Morgan fingerprint density at radius 3 is 2.45 bits per heavy atom. The molecule has 3 rings (SSSR count). The fraction of sp³-hybridized carbons (Fsp3) is 0.200. The van der Waals surface area contributed by atoms with E-state index in [2.05, 4.69) is 10.1 Å². The summed E-state index contributed by atoms with van der Waals surface area (Å²) in [6, 6.07) is 9.55. The molecular weight excluding hydrogens is 282 g/mol. The maximum atomic E-state index is 12.4. The molecule has 0 aliphatic heterocycles. The van der Waals surface area contributed by atoms with Gasteiger partial charge in [0.05, 0.1) is 6.21 Å². The monoisotopic (exact) mass is 297 g/mol. The summed E-state index contributed by atoms with van der Waals surface area (Å²) in [5, 5.41) is 4.34. The molecule has 0 atom stereocenters. The van der Waals surface area contributed by atoms with Crippen molar-refractivity contribution in [2.45, 2.75) is 6.92 Å². The summed E-state index contributed by atoms with van der Waals surface area (Å²) < 4.78 is 3.86. The second kappa shape index (κ2) is 5.10. The molecule has 112 valence electrons. The molecule has 0 spiro atoms. The maximum absolute atomic E-state index is 12.4. The molecule has 0 unspecified atom stereocenters. The van der Waals surface area contributed by atoms with E-state index in [1.807, 2.05) is 30.3 Å². The van der Waals surface area contributed by atoms with E-state index >= 15 is 0 Å². The maximum Gasteiger partial charge on any atom is 0.332 e. The highest BCUT2D eigenvalue weighted by molar-refractivity contribution is 5.80. The predicted octanol–water partition coefficient (Wildman–Crippen LogP) is 0.624. The smallest absolute Gasteiger partial charge is 0.279 e. The lowest BCUT2D eigenvalue weighted by atomic mass is 10.2. The number of aryl methyl sites for hydroxylation is 2. The highest BCUT2D eigenvalue weighted by atomic mass is 16.2. The predicted molar refractivity (Wildman–Crippen MR) is 84.4 cm³/mol. The van der Waals surface area contributed by atoms with Crippen LogP contribution in [0, 0.1) is 6.92 Å². The van der Waals surface area contributed by atoms with Crippen LogP contribution in [0.15, 0.2) is 45.0 Å². The van der Waals surface area contributed by atoms with E-state index in [9.17, 15) is 9.59 Å². The van der Waals surface area contributed by atoms with E-state index in [0.29, 0.717) is 11.5 Å². The molecule has 2 aromatic heterocycles. The van der Waals surface area contributed by atoms with Crippen molar-refractivity contribution in [2.24, 2.45) is 19.2 Å². The number of aromatic nitrogens is 4. The summed E-state index contributed by atoms with van der Waals surface area (Å²) in [6.45, 7) is 1.74. The van der Waals surface area contributed by atoms with E-state index < -0.39 is 11.2 Å². The average Bonchev–Trinajstić information content (AvgIpc) is 2.86. The molecule has 0 fully saturated rings. The zero-order valence-corrected chi connectivity index (χ0v) is 12.5. The van der Waals surface area contributed by atoms with Crippen molar-refractivity contribution in [1.82, 2.24) is 18.8 Å². The molecular formula is C15H15N5O2. The van der Waals surface area contributed by atoms with Crippen molar-refractivity contribution in [3.8, 4) is 0 Å². The van der Waals surface area contributed by atoms with Crippen LogP contribution < -0.4 is 11.2 Å². The Hall–Kier alpha value is -2.96.